The van der Waals surface area contributed by atoms with Crippen molar-refractivity contribution >= 4 is 11.9 Å². The lowest BCUT2D eigenvalue weighted by molar-refractivity contribution is -0.122. The first-order valence-corrected chi connectivity index (χ1v) is 4.92. The van der Waals surface area contributed by atoms with Gasteiger partial charge in [-0.3, -0.25) is 9.69 Å². The van der Waals surface area contributed by atoms with Crippen molar-refractivity contribution in [2.24, 2.45) is 0 Å². The smallest absolute Gasteiger partial charge is 0.407 e. The fraction of sp³-hybridized carbons (Fsp3) is 0.778. The highest BCUT2D eigenvalue weighted by molar-refractivity contribution is 5.81. The van der Waals surface area contributed by atoms with Crippen molar-refractivity contribution in [2.75, 3.05) is 26.2 Å². The van der Waals surface area contributed by atoms with E-state index >= 15 is 0 Å². The summed E-state index contributed by atoms with van der Waals surface area (Å²) < 4.78 is 5.00. The number of ether oxygens (including phenoxy) is 1. The van der Waals surface area contributed by atoms with Crippen LogP contribution in [0, 0.1) is 0 Å². The average Bonchev–Trinajstić information content (AvgIpc) is 2.51. The summed E-state index contributed by atoms with van der Waals surface area (Å²) in [5.74, 6) is 0.286. The maximum atomic E-state index is 11.1. The molecule has 2 heterocycles. The molecule has 1 atom stereocenters. The maximum absolute atomic E-state index is 11.1. The van der Waals surface area contributed by atoms with Gasteiger partial charge >= 0.3 is 6.09 Å². The van der Waals surface area contributed by atoms with Crippen LogP contribution in [0.3, 0.4) is 0 Å². The zero-order valence-electron chi connectivity index (χ0n) is 7.99. The van der Waals surface area contributed by atoms with Crippen molar-refractivity contribution in [3.05, 3.63) is 0 Å². The molecule has 5 nitrogen and oxygen atoms in total. The molecule has 1 amide bonds. The van der Waals surface area contributed by atoms with E-state index in [9.17, 15) is 9.59 Å². The van der Waals surface area contributed by atoms with E-state index in [2.05, 4.69) is 10.2 Å². The molecule has 0 aliphatic carbocycles. The van der Waals surface area contributed by atoms with E-state index < -0.39 is 0 Å². The molecular formula is C9H14N2O3. The van der Waals surface area contributed by atoms with Gasteiger partial charge in [-0.05, 0) is 13.0 Å². The first-order chi connectivity index (χ1) is 6.74. The quantitative estimate of drug-likeness (QED) is 0.665. The highest BCUT2D eigenvalue weighted by Gasteiger charge is 2.26. The minimum absolute atomic E-state index is 0.0894. The Morgan fingerprint density at radius 2 is 2.36 bits per heavy atom. The second kappa shape index (κ2) is 3.96. The van der Waals surface area contributed by atoms with Gasteiger partial charge in [0.15, 0.2) is 0 Å². The second-order valence-electron chi connectivity index (χ2n) is 3.79. The van der Waals surface area contributed by atoms with Crippen LogP contribution in [0.1, 0.15) is 12.8 Å². The number of alkyl carbamates (subject to hydrolysis) is 1. The van der Waals surface area contributed by atoms with Gasteiger partial charge in [0.05, 0.1) is 13.1 Å². The molecule has 2 aliphatic rings. The van der Waals surface area contributed by atoms with Crippen molar-refractivity contribution in [3.63, 3.8) is 0 Å². The number of hydrogen-bond donors (Lipinski definition) is 1. The Kier molecular flexibility index (Phi) is 2.67. The molecule has 0 radical (unpaired) electrons. The minimum atomic E-state index is -0.349. The van der Waals surface area contributed by atoms with Gasteiger partial charge < -0.3 is 10.1 Å². The van der Waals surface area contributed by atoms with Crippen LogP contribution in [-0.2, 0) is 9.53 Å². The van der Waals surface area contributed by atoms with Crippen LogP contribution in [0.5, 0.6) is 0 Å². The maximum Gasteiger partial charge on any atom is 0.407 e. The molecular weight excluding hydrogens is 184 g/mol. The van der Waals surface area contributed by atoms with Gasteiger partial charge in [-0.2, -0.15) is 0 Å². The molecule has 0 aromatic carbocycles. The number of cyclic esters (lactones) is 1. The van der Waals surface area contributed by atoms with Crippen molar-refractivity contribution in [1.29, 1.82) is 0 Å². The van der Waals surface area contributed by atoms with E-state index in [0.717, 1.165) is 13.0 Å². The average molecular weight is 198 g/mol. The van der Waals surface area contributed by atoms with Crippen LogP contribution >= 0.6 is 0 Å². The van der Waals surface area contributed by atoms with E-state index in [1.165, 1.54) is 0 Å². The number of nitrogens with zero attached hydrogens (tertiary/aromatic N) is 1. The highest BCUT2D eigenvalue weighted by Crippen LogP contribution is 2.09. The van der Waals surface area contributed by atoms with Crippen LogP contribution in [0.2, 0.25) is 0 Å². The number of carbonyl (C=O) groups excluding carboxylic acids is 2. The number of nitrogens with one attached hydrogen (secondary N) is 1. The first kappa shape index (κ1) is 9.45. The topological polar surface area (TPSA) is 58.6 Å². The molecule has 78 valence electrons. The Morgan fingerprint density at radius 3 is 3.00 bits per heavy atom. The van der Waals surface area contributed by atoms with Crippen LogP contribution in [-0.4, -0.2) is 49.1 Å². The molecule has 0 spiro atoms. The third-order valence-electron chi connectivity index (χ3n) is 2.54. The van der Waals surface area contributed by atoms with Gasteiger partial charge in [-0.25, -0.2) is 4.79 Å². The molecule has 14 heavy (non-hydrogen) atoms. The molecule has 1 unspecified atom stereocenters. The van der Waals surface area contributed by atoms with Gasteiger partial charge in [0.25, 0.3) is 0 Å². The van der Waals surface area contributed by atoms with E-state index in [-0.39, 0.29) is 18.0 Å². The van der Waals surface area contributed by atoms with Crippen molar-refractivity contribution in [2.45, 2.75) is 18.9 Å². The minimum Gasteiger partial charge on any atom is -0.443 e. The molecule has 2 aliphatic heterocycles. The summed E-state index contributed by atoms with van der Waals surface area (Å²) in [6.45, 7) is 2.67. The number of ketones is 1. The van der Waals surface area contributed by atoms with Crippen LogP contribution < -0.4 is 5.32 Å². The summed E-state index contributed by atoms with van der Waals surface area (Å²) in [5.41, 5.74) is 0. The molecule has 0 saturated carbocycles. The van der Waals surface area contributed by atoms with Gasteiger partial charge in [-0.15, -0.1) is 0 Å². The zero-order chi connectivity index (χ0) is 9.97. The van der Waals surface area contributed by atoms with Crippen LogP contribution in [0.15, 0.2) is 0 Å². The summed E-state index contributed by atoms with van der Waals surface area (Å²) in [5, 5.41) is 2.60. The Bertz CT molecular complexity index is 254. The standard InChI is InChI=1S/C9H14N2O3/c12-7-2-1-3-11(5-7)6-8-4-10-9(13)14-8/h8H,1-6H2,(H,10,13). The molecule has 1 N–H and O–H groups in total. The van der Waals surface area contributed by atoms with E-state index in [4.69, 9.17) is 4.74 Å². The van der Waals surface area contributed by atoms with Crippen molar-refractivity contribution in [3.8, 4) is 0 Å². The molecule has 2 saturated heterocycles. The fourth-order valence-corrected chi connectivity index (χ4v) is 1.88. The third-order valence-corrected chi connectivity index (χ3v) is 2.54. The number of amides is 1. The number of piperidine rings is 1. The predicted octanol–water partition coefficient (Wildman–Crippen LogP) is -0.240. The molecule has 2 fully saturated rings. The Morgan fingerprint density at radius 1 is 1.50 bits per heavy atom. The molecule has 2 rings (SSSR count). The monoisotopic (exact) mass is 198 g/mol. The van der Waals surface area contributed by atoms with Gasteiger partial charge in [0.1, 0.15) is 11.9 Å². The first-order valence-electron chi connectivity index (χ1n) is 4.92. The van der Waals surface area contributed by atoms with Crippen LogP contribution in [0.25, 0.3) is 0 Å². The number of rotatable bonds is 2. The summed E-state index contributed by atoms with van der Waals surface area (Å²) in [4.78, 5) is 23.9. The lowest BCUT2D eigenvalue weighted by atomic mass is 10.1. The highest BCUT2D eigenvalue weighted by atomic mass is 16.6. The van der Waals surface area contributed by atoms with Crippen LogP contribution in [0.4, 0.5) is 4.79 Å². The Hall–Kier alpha value is -1.10. The van der Waals surface area contributed by atoms with Gasteiger partial charge in [0, 0.05) is 13.0 Å². The number of carbonyl (C=O) groups is 2. The SMILES string of the molecule is O=C1CCCN(CC2CNC(=O)O2)C1. The van der Waals surface area contributed by atoms with E-state index in [0.29, 0.717) is 26.1 Å². The summed E-state index contributed by atoms with van der Waals surface area (Å²) in [6.07, 6.45) is 1.18. The molecule has 0 bridgehead atoms. The van der Waals surface area contributed by atoms with Gasteiger partial charge in [0.2, 0.25) is 0 Å². The number of likely N-dealkylation sites (tertiary alicyclic amines) is 1. The molecule has 0 aromatic heterocycles. The summed E-state index contributed by atoms with van der Waals surface area (Å²) in [7, 11) is 0. The number of hydrogen-bond acceptors (Lipinski definition) is 4. The molecule has 5 heteroatoms. The largest absolute Gasteiger partial charge is 0.443 e. The second-order valence-corrected chi connectivity index (χ2v) is 3.79. The Labute approximate surface area is 82.4 Å². The van der Waals surface area contributed by atoms with Crippen molar-refractivity contribution in [1.82, 2.24) is 10.2 Å². The predicted molar refractivity (Wildman–Crippen MR) is 49.0 cm³/mol. The lowest BCUT2D eigenvalue weighted by Gasteiger charge is -2.26. The summed E-state index contributed by atoms with van der Waals surface area (Å²) >= 11 is 0. The molecule has 0 aromatic rings. The fourth-order valence-electron chi connectivity index (χ4n) is 1.88. The third kappa shape index (κ3) is 2.23. The van der Waals surface area contributed by atoms with E-state index in [1.807, 2.05) is 0 Å². The van der Waals surface area contributed by atoms with Crippen molar-refractivity contribution < 1.29 is 14.3 Å². The lowest BCUT2D eigenvalue weighted by Crippen LogP contribution is -2.41. The van der Waals surface area contributed by atoms with E-state index in [1.54, 1.807) is 0 Å². The Balaban J connectivity index is 1.79. The summed E-state index contributed by atoms with van der Waals surface area (Å²) in [6, 6.07) is 0. The van der Waals surface area contributed by atoms with Gasteiger partial charge in [-0.1, -0.05) is 0 Å². The normalized spacial score (nSPS) is 28.7. The zero-order valence-corrected chi connectivity index (χ0v) is 7.99. The number of Topliss-reactive ketones (excluding diaryl/α,β-unsaturated/α-hetero) is 1.